The number of benzene rings is 1. The van der Waals surface area contributed by atoms with Crippen LogP contribution in [-0.2, 0) is 4.79 Å². The highest BCUT2D eigenvalue weighted by Crippen LogP contribution is 2.32. The Balaban J connectivity index is 3.07. The van der Waals surface area contributed by atoms with Crippen LogP contribution in [0.4, 0.5) is 0 Å². The molecular formula is C15H23NO2. The van der Waals surface area contributed by atoms with E-state index in [0.29, 0.717) is 6.42 Å². The lowest BCUT2D eigenvalue weighted by Gasteiger charge is -2.22. The molecule has 0 radical (unpaired) electrons. The largest absolute Gasteiger partial charge is 0.496 e. The van der Waals surface area contributed by atoms with Crippen LogP contribution in [0.15, 0.2) is 12.1 Å². The Labute approximate surface area is 110 Å². The number of hydrogen-bond donors (Lipinski definition) is 1. The van der Waals surface area contributed by atoms with Gasteiger partial charge in [0.25, 0.3) is 0 Å². The van der Waals surface area contributed by atoms with Crippen LogP contribution in [0.2, 0.25) is 0 Å². The van der Waals surface area contributed by atoms with E-state index in [0.717, 1.165) is 17.7 Å². The second kappa shape index (κ2) is 6.55. The Morgan fingerprint density at radius 1 is 1.39 bits per heavy atom. The first-order valence-corrected chi connectivity index (χ1v) is 6.31. The zero-order chi connectivity index (χ0) is 13.7. The first kappa shape index (κ1) is 14.7. The molecule has 1 aromatic carbocycles. The molecule has 0 aromatic heterocycles. The van der Waals surface area contributed by atoms with Gasteiger partial charge in [0.15, 0.2) is 0 Å². The van der Waals surface area contributed by atoms with Crippen molar-refractivity contribution in [3.8, 4) is 5.75 Å². The molecule has 100 valence electrons. The van der Waals surface area contributed by atoms with E-state index in [1.807, 2.05) is 13.1 Å². The standard InChI is InChI=1S/C15H23NO2/c1-10-8-11(2)15(14(9-10)18-5)13(16-4)7-6-12(3)17/h8-9,13,16H,6-7H2,1-5H3. The van der Waals surface area contributed by atoms with E-state index >= 15 is 0 Å². The second-order valence-corrected chi connectivity index (χ2v) is 4.78. The molecule has 0 aliphatic carbocycles. The fourth-order valence-electron chi connectivity index (χ4n) is 2.34. The molecule has 1 atom stereocenters. The van der Waals surface area contributed by atoms with Gasteiger partial charge >= 0.3 is 0 Å². The maximum Gasteiger partial charge on any atom is 0.129 e. The molecule has 1 N–H and O–H groups in total. The summed E-state index contributed by atoms with van der Waals surface area (Å²) in [7, 11) is 3.61. The van der Waals surface area contributed by atoms with Crippen molar-refractivity contribution in [2.24, 2.45) is 0 Å². The summed E-state index contributed by atoms with van der Waals surface area (Å²) in [5.41, 5.74) is 3.55. The normalized spacial score (nSPS) is 12.3. The Morgan fingerprint density at radius 2 is 2.06 bits per heavy atom. The molecule has 3 heteroatoms. The smallest absolute Gasteiger partial charge is 0.129 e. The number of ketones is 1. The summed E-state index contributed by atoms with van der Waals surface area (Å²) >= 11 is 0. The molecule has 0 saturated carbocycles. The fourth-order valence-corrected chi connectivity index (χ4v) is 2.34. The summed E-state index contributed by atoms with van der Waals surface area (Å²) in [5.74, 6) is 1.12. The lowest BCUT2D eigenvalue weighted by molar-refractivity contribution is -0.117. The molecule has 0 aliphatic heterocycles. The van der Waals surface area contributed by atoms with Crippen molar-refractivity contribution in [1.82, 2.24) is 5.32 Å². The number of carbonyl (C=O) groups excluding carboxylic acids is 1. The lowest BCUT2D eigenvalue weighted by atomic mass is 9.94. The van der Waals surface area contributed by atoms with Crippen LogP contribution in [0, 0.1) is 13.8 Å². The molecule has 0 heterocycles. The number of Topliss-reactive ketones (excluding diaryl/α,β-unsaturated/α-hetero) is 1. The van der Waals surface area contributed by atoms with Gasteiger partial charge in [-0.1, -0.05) is 6.07 Å². The molecule has 0 amide bonds. The number of ether oxygens (including phenoxy) is 1. The van der Waals surface area contributed by atoms with Gasteiger partial charge in [-0.25, -0.2) is 0 Å². The van der Waals surface area contributed by atoms with Crippen LogP contribution in [0.1, 0.15) is 42.5 Å². The molecule has 0 spiro atoms. The van der Waals surface area contributed by atoms with Gasteiger partial charge in [-0.2, -0.15) is 0 Å². The van der Waals surface area contributed by atoms with E-state index in [4.69, 9.17) is 4.74 Å². The maximum absolute atomic E-state index is 11.1. The van der Waals surface area contributed by atoms with E-state index in [1.165, 1.54) is 11.1 Å². The van der Waals surface area contributed by atoms with Crippen LogP contribution in [0.3, 0.4) is 0 Å². The second-order valence-electron chi connectivity index (χ2n) is 4.78. The number of carbonyl (C=O) groups is 1. The van der Waals surface area contributed by atoms with Gasteiger partial charge in [0, 0.05) is 18.0 Å². The average molecular weight is 249 g/mol. The minimum atomic E-state index is 0.157. The first-order valence-electron chi connectivity index (χ1n) is 6.31. The molecule has 3 nitrogen and oxygen atoms in total. The third-order valence-corrected chi connectivity index (χ3v) is 3.20. The molecule has 1 unspecified atom stereocenters. The molecule has 1 rings (SSSR count). The Bertz CT molecular complexity index is 427. The van der Waals surface area contributed by atoms with Gasteiger partial charge in [0.1, 0.15) is 11.5 Å². The SMILES string of the molecule is CNC(CCC(C)=O)c1c(C)cc(C)cc1OC. The first-order chi connectivity index (χ1) is 8.49. The predicted molar refractivity (Wildman–Crippen MR) is 74.2 cm³/mol. The topological polar surface area (TPSA) is 38.3 Å². The van der Waals surface area contributed by atoms with Gasteiger partial charge in [0.05, 0.1) is 7.11 Å². The molecular weight excluding hydrogens is 226 g/mol. The highest BCUT2D eigenvalue weighted by molar-refractivity contribution is 5.75. The Morgan fingerprint density at radius 3 is 2.56 bits per heavy atom. The molecule has 0 saturated heterocycles. The van der Waals surface area contributed by atoms with Crippen LogP contribution >= 0.6 is 0 Å². The summed E-state index contributed by atoms with van der Waals surface area (Å²) in [6.45, 7) is 5.78. The summed E-state index contributed by atoms with van der Waals surface area (Å²) in [6, 6.07) is 4.35. The summed E-state index contributed by atoms with van der Waals surface area (Å²) in [5, 5.41) is 3.28. The predicted octanol–water partition coefficient (Wildman–Crippen LogP) is 2.94. The Hall–Kier alpha value is -1.35. The van der Waals surface area contributed by atoms with Crippen LogP contribution in [0.5, 0.6) is 5.75 Å². The van der Waals surface area contributed by atoms with Crippen molar-refractivity contribution < 1.29 is 9.53 Å². The van der Waals surface area contributed by atoms with Crippen molar-refractivity contribution in [3.63, 3.8) is 0 Å². The van der Waals surface area contributed by atoms with E-state index in [-0.39, 0.29) is 11.8 Å². The third-order valence-electron chi connectivity index (χ3n) is 3.20. The van der Waals surface area contributed by atoms with Crippen molar-refractivity contribution >= 4 is 5.78 Å². The number of nitrogens with one attached hydrogen (secondary N) is 1. The van der Waals surface area contributed by atoms with E-state index < -0.39 is 0 Å². The lowest BCUT2D eigenvalue weighted by Crippen LogP contribution is -2.19. The Kier molecular flexibility index (Phi) is 5.35. The third kappa shape index (κ3) is 3.57. The fraction of sp³-hybridized carbons (Fsp3) is 0.533. The average Bonchev–Trinajstić information content (AvgIpc) is 2.30. The maximum atomic E-state index is 11.1. The van der Waals surface area contributed by atoms with Gasteiger partial charge < -0.3 is 14.8 Å². The van der Waals surface area contributed by atoms with Crippen molar-refractivity contribution in [2.45, 2.75) is 39.7 Å². The minimum absolute atomic E-state index is 0.157. The van der Waals surface area contributed by atoms with Gasteiger partial charge in [-0.3, -0.25) is 0 Å². The number of rotatable bonds is 6. The van der Waals surface area contributed by atoms with E-state index in [1.54, 1.807) is 14.0 Å². The number of methoxy groups -OCH3 is 1. The quantitative estimate of drug-likeness (QED) is 0.842. The molecule has 0 aliphatic rings. The summed E-state index contributed by atoms with van der Waals surface area (Å²) < 4.78 is 5.47. The van der Waals surface area contributed by atoms with Gasteiger partial charge in [-0.15, -0.1) is 0 Å². The molecule has 1 aromatic rings. The summed E-state index contributed by atoms with van der Waals surface area (Å²) in [6.07, 6.45) is 1.38. The van der Waals surface area contributed by atoms with Crippen molar-refractivity contribution in [1.29, 1.82) is 0 Å². The number of aryl methyl sites for hydroxylation is 2. The van der Waals surface area contributed by atoms with E-state index in [9.17, 15) is 4.79 Å². The van der Waals surface area contributed by atoms with Crippen molar-refractivity contribution in [3.05, 3.63) is 28.8 Å². The molecule has 18 heavy (non-hydrogen) atoms. The van der Waals surface area contributed by atoms with E-state index in [2.05, 4.69) is 25.2 Å². The van der Waals surface area contributed by atoms with Crippen LogP contribution in [-0.4, -0.2) is 19.9 Å². The van der Waals surface area contributed by atoms with Gasteiger partial charge in [-0.05, 0) is 51.4 Å². The monoisotopic (exact) mass is 249 g/mol. The highest BCUT2D eigenvalue weighted by Gasteiger charge is 2.17. The van der Waals surface area contributed by atoms with Gasteiger partial charge in [0.2, 0.25) is 0 Å². The van der Waals surface area contributed by atoms with Crippen LogP contribution in [0.25, 0.3) is 0 Å². The zero-order valence-electron chi connectivity index (χ0n) is 12.0. The summed E-state index contributed by atoms with van der Waals surface area (Å²) in [4.78, 5) is 11.1. The molecule has 0 fully saturated rings. The minimum Gasteiger partial charge on any atom is -0.496 e. The zero-order valence-corrected chi connectivity index (χ0v) is 12.0. The highest BCUT2D eigenvalue weighted by atomic mass is 16.5. The molecule has 0 bridgehead atoms. The van der Waals surface area contributed by atoms with Crippen LogP contribution < -0.4 is 10.1 Å². The van der Waals surface area contributed by atoms with Crippen molar-refractivity contribution in [2.75, 3.05) is 14.2 Å². The number of hydrogen-bond acceptors (Lipinski definition) is 3.